The number of piperazine rings is 1. The number of rotatable bonds is 3. The third-order valence-corrected chi connectivity index (χ3v) is 5.23. The molecule has 2 aliphatic heterocycles. The Labute approximate surface area is 156 Å². The van der Waals surface area contributed by atoms with Gasteiger partial charge in [-0.2, -0.15) is 4.98 Å². The molecule has 0 bridgehead atoms. The summed E-state index contributed by atoms with van der Waals surface area (Å²) in [5.41, 5.74) is 1.55. The molecule has 1 aromatic carbocycles. The molecule has 27 heavy (non-hydrogen) atoms. The number of likely N-dealkylation sites (N-methyl/N-ethyl adjacent to an activating group) is 2. The number of benzene rings is 1. The zero-order valence-corrected chi connectivity index (χ0v) is 15.3. The van der Waals surface area contributed by atoms with Gasteiger partial charge in [0.1, 0.15) is 11.6 Å². The Hall–Kier alpha value is -3.10. The van der Waals surface area contributed by atoms with E-state index in [2.05, 4.69) is 4.98 Å². The fourth-order valence-corrected chi connectivity index (χ4v) is 3.51. The number of imide groups is 1. The van der Waals surface area contributed by atoms with E-state index in [1.54, 1.807) is 11.9 Å². The molecule has 3 heterocycles. The minimum absolute atomic E-state index is 0.00824. The molecule has 9 heteroatoms. The van der Waals surface area contributed by atoms with E-state index in [0.717, 1.165) is 16.0 Å². The standard InChI is InChI=1S/C18H21N5O4/c1-20-13(16(25)21(2)18(20)26)11-15(24)22-7-9-23(10-8-22)17-19-12-5-3-4-6-14(12)27-17/h3-6,13H,7-11H2,1-2H3. The molecule has 0 N–H and O–H groups in total. The molecule has 2 fully saturated rings. The summed E-state index contributed by atoms with van der Waals surface area (Å²) in [4.78, 5) is 47.2. The largest absolute Gasteiger partial charge is 0.423 e. The van der Waals surface area contributed by atoms with Gasteiger partial charge in [0.2, 0.25) is 5.91 Å². The van der Waals surface area contributed by atoms with Gasteiger partial charge in [-0.1, -0.05) is 12.1 Å². The molecule has 2 aliphatic rings. The summed E-state index contributed by atoms with van der Waals surface area (Å²) in [7, 11) is 2.98. The number of hydrogen-bond acceptors (Lipinski definition) is 6. The second kappa shape index (κ2) is 6.57. The summed E-state index contributed by atoms with van der Waals surface area (Å²) in [6, 6.07) is 7.05. The highest BCUT2D eigenvalue weighted by Gasteiger charge is 2.42. The van der Waals surface area contributed by atoms with Crippen LogP contribution in [-0.4, -0.2) is 83.8 Å². The van der Waals surface area contributed by atoms with Crippen molar-refractivity contribution in [1.82, 2.24) is 19.7 Å². The lowest BCUT2D eigenvalue weighted by Gasteiger charge is -2.34. The van der Waals surface area contributed by atoms with Gasteiger partial charge in [0, 0.05) is 40.3 Å². The summed E-state index contributed by atoms with van der Waals surface area (Å²) in [6.07, 6.45) is 0.00824. The number of carbonyl (C=O) groups excluding carboxylic acids is 3. The van der Waals surface area contributed by atoms with Crippen molar-refractivity contribution in [2.75, 3.05) is 45.2 Å². The van der Waals surface area contributed by atoms with E-state index in [1.165, 1.54) is 11.9 Å². The summed E-state index contributed by atoms with van der Waals surface area (Å²) in [5, 5.41) is 0. The maximum Gasteiger partial charge on any atom is 0.326 e. The average Bonchev–Trinajstić information content (AvgIpc) is 3.20. The van der Waals surface area contributed by atoms with Crippen LogP contribution >= 0.6 is 0 Å². The minimum atomic E-state index is -0.718. The van der Waals surface area contributed by atoms with Crippen molar-refractivity contribution < 1.29 is 18.8 Å². The van der Waals surface area contributed by atoms with Gasteiger partial charge < -0.3 is 19.1 Å². The maximum absolute atomic E-state index is 12.6. The molecule has 4 rings (SSSR count). The monoisotopic (exact) mass is 371 g/mol. The van der Waals surface area contributed by atoms with Gasteiger partial charge in [-0.3, -0.25) is 14.5 Å². The van der Waals surface area contributed by atoms with Crippen LogP contribution in [0, 0.1) is 0 Å². The highest BCUT2D eigenvalue weighted by atomic mass is 16.4. The molecule has 9 nitrogen and oxygen atoms in total. The predicted molar refractivity (Wildman–Crippen MR) is 97.1 cm³/mol. The fourth-order valence-electron chi connectivity index (χ4n) is 3.51. The van der Waals surface area contributed by atoms with E-state index in [0.29, 0.717) is 32.2 Å². The van der Waals surface area contributed by atoms with Crippen molar-refractivity contribution in [3.05, 3.63) is 24.3 Å². The van der Waals surface area contributed by atoms with Crippen molar-refractivity contribution in [3.8, 4) is 0 Å². The molecule has 1 unspecified atom stereocenters. The first kappa shape index (κ1) is 17.3. The Morgan fingerprint density at radius 1 is 1.15 bits per heavy atom. The van der Waals surface area contributed by atoms with Crippen molar-refractivity contribution in [1.29, 1.82) is 0 Å². The normalized spacial score (nSPS) is 20.9. The second-order valence-electron chi connectivity index (χ2n) is 6.84. The van der Waals surface area contributed by atoms with E-state index in [-0.39, 0.29) is 24.3 Å². The van der Waals surface area contributed by atoms with Gasteiger partial charge in [0.05, 0.1) is 6.42 Å². The van der Waals surface area contributed by atoms with Crippen LogP contribution in [0.25, 0.3) is 11.1 Å². The SMILES string of the molecule is CN1C(=O)C(CC(=O)N2CCN(c3nc4ccccc4o3)CC2)N(C)C1=O. The van der Waals surface area contributed by atoms with Crippen LogP contribution in [0.5, 0.6) is 0 Å². The molecule has 4 amide bonds. The third-order valence-electron chi connectivity index (χ3n) is 5.23. The molecular formula is C18H21N5O4. The van der Waals surface area contributed by atoms with Crippen molar-refractivity contribution >= 4 is 35.0 Å². The van der Waals surface area contributed by atoms with Gasteiger partial charge in [-0.05, 0) is 12.1 Å². The van der Waals surface area contributed by atoms with Gasteiger partial charge in [-0.25, -0.2) is 4.79 Å². The first-order valence-corrected chi connectivity index (χ1v) is 8.88. The summed E-state index contributed by atoms with van der Waals surface area (Å²) in [6.45, 7) is 2.25. The Morgan fingerprint density at radius 2 is 1.85 bits per heavy atom. The number of hydrogen-bond donors (Lipinski definition) is 0. The molecule has 142 valence electrons. The second-order valence-corrected chi connectivity index (χ2v) is 6.84. The van der Waals surface area contributed by atoms with E-state index < -0.39 is 6.04 Å². The van der Waals surface area contributed by atoms with Gasteiger partial charge in [0.25, 0.3) is 11.9 Å². The highest BCUT2D eigenvalue weighted by Crippen LogP contribution is 2.23. The zero-order valence-electron chi connectivity index (χ0n) is 15.3. The van der Waals surface area contributed by atoms with Crippen LogP contribution in [0.15, 0.2) is 28.7 Å². The lowest BCUT2D eigenvalue weighted by atomic mass is 10.1. The highest BCUT2D eigenvalue weighted by molar-refractivity contribution is 6.05. The molecule has 2 aromatic rings. The number of para-hydroxylation sites is 2. The van der Waals surface area contributed by atoms with E-state index >= 15 is 0 Å². The fraction of sp³-hybridized carbons (Fsp3) is 0.444. The van der Waals surface area contributed by atoms with Gasteiger partial charge in [0.15, 0.2) is 5.58 Å². The molecule has 0 saturated carbocycles. The number of amides is 4. The first-order valence-electron chi connectivity index (χ1n) is 8.88. The number of fused-ring (bicyclic) bond motifs is 1. The smallest absolute Gasteiger partial charge is 0.326 e. The summed E-state index contributed by atoms with van der Waals surface area (Å²) in [5.74, 6) is -0.457. The van der Waals surface area contributed by atoms with Crippen LogP contribution in [0.2, 0.25) is 0 Å². The average molecular weight is 371 g/mol. The number of nitrogens with zero attached hydrogens (tertiary/aromatic N) is 5. The molecule has 0 aliphatic carbocycles. The van der Waals surface area contributed by atoms with Crippen molar-refractivity contribution in [3.63, 3.8) is 0 Å². The van der Waals surface area contributed by atoms with E-state index in [1.807, 2.05) is 29.2 Å². The minimum Gasteiger partial charge on any atom is -0.423 e. The van der Waals surface area contributed by atoms with E-state index in [4.69, 9.17) is 4.42 Å². The molecule has 0 radical (unpaired) electrons. The summed E-state index contributed by atoms with van der Waals surface area (Å²) < 4.78 is 5.78. The first-order chi connectivity index (χ1) is 13.0. The zero-order chi connectivity index (χ0) is 19.1. The topological polar surface area (TPSA) is 90.2 Å². The molecule has 1 atom stereocenters. The third kappa shape index (κ3) is 2.98. The number of anilines is 1. The molecule has 1 aromatic heterocycles. The Bertz CT molecular complexity index is 869. The van der Waals surface area contributed by atoms with Gasteiger partial charge >= 0.3 is 6.03 Å². The summed E-state index contributed by atoms with van der Waals surface area (Å²) >= 11 is 0. The number of carbonyl (C=O) groups is 3. The van der Waals surface area contributed by atoms with Crippen LogP contribution < -0.4 is 4.90 Å². The molecule has 0 spiro atoms. The van der Waals surface area contributed by atoms with Crippen LogP contribution in [0.4, 0.5) is 10.8 Å². The molecule has 2 saturated heterocycles. The lowest BCUT2D eigenvalue weighted by Crippen LogP contribution is -2.50. The number of urea groups is 1. The van der Waals surface area contributed by atoms with Crippen molar-refractivity contribution in [2.45, 2.75) is 12.5 Å². The van der Waals surface area contributed by atoms with Crippen LogP contribution in [0.3, 0.4) is 0 Å². The molecular weight excluding hydrogens is 350 g/mol. The van der Waals surface area contributed by atoms with E-state index in [9.17, 15) is 14.4 Å². The number of oxazole rings is 1. The predicted octanol–water partition coefficient (Wildman–Crippen LogP) is 0.759. The van der Waals surface area contributed by atoms with Crippen LogP contribution in [-0.2, 0) is 9.59 Å². The van der Waals surface area contributed by atoms with Crippen LogP contribution in [0.1, 0.15) is 6.42 Å². The quantitative estimate of drug-likeness (QED) is 0.740. The maximum atomic E-state index is 12.6. The Morgan fingerprint density at radius 3 is 2.48 bits per heavy atom. The van der Waals surface area contributed by atoms with Gasteiger partial charge in [-0.15, -0.1) is 0 Å². The lowest BCUT2D eigenvalue weighted by molar-refractivity contribution is -0.136. The van der Waals surface area contributed by atoms with Crippen molar-refractivity contribution in [2.24, 2.45) is 0 Å². The Kier molecular flexibility index (Phi) is 4.21. The Balaban J connectivity index is 1.37. The number of aromatic nitrogens is 1.